The first-order valence-corrected chi connectivity index (χ1v) is 12.1. The predicted octanol–water partition coefficient (Wildman–Crippen LogP) is 3.16. The first-order valence-electron chi connectivity index (χ1n) is 12.1. The SMILES string of the molecule is Cc1ccc(-n2nc(C)c3nc(CCC(=O)N4CCN(c5ccc(F)cc5)CC4)c(=O)n(C)c32)cc1. The van der Waals surface area contributed by atoms with Gasteiger partial charge in [0.1, 0.15) is 17.0 Å². The Balaban J connectivity index is 1.29. The monoisotopic (exact) mass is 488 g/mol. The third-order valence-corrected chi connectivity index (χ3v) is 6.80. The van der Waals surface area contributed by atoms with Crippen LogP contribution >= 0.6 is 0 Å². The second kappa shape index (κ2) is 9.56. The van der Waals surface area contributed by atoms with E-state index in [1.165, 1.54) is 12.1 Å². The second-order valence-corrected chi connectivity index (χ2v) is 9.27. The van der Waals surface area contributed by atoms with Crippen LogP contribution in [0, 0.1) is 19.7 Å². The molecule has 0 N–H and O–H groups in total. The van der Waals surface area contributed by atoms with Crippen molar-refractivity contribution in [3.05, 3.63) is 81.7 Å². The van der Waals surface area contributed by atoms with Gasteiger partial charge in [0, 0.05) is 51.8 Å². The molecule has 0 unspecified atom stereocenters. The molecule has 1 aliphatic heterocycles. The molecule has 1 saturated heterocycles. The van der Waals surface area contributed by atoms with Gasteiger partial charge in [0.05, 0.1) is 11.4 Å². The topological polar surface area (TPSA) is 76.3 Å². The Labute approximate surface area is 208 Å². The molecule has 3 heterocycles. The summed E-state index contributed by atoms with van der Waals surface area (Å²) in [5.41, 5.74) is 5.12. The standard InChI is InChI=1S/C27H29FN6O2/c1-18-4-8-22(9-5-18)34-26-25(19(2)30-34)29-23(27(36)31(26)3)12-13-24(35)33-16-14-32(15-17-33)21-10-6-20(28)7-11-21/h4-11H,12-17H2,1-3H3. The van der Waals surface area contributed by atoms with Crippen LogP contribution in [0.3, 0.4) is 0 Å². The van der Waals surface area contributed by atoms with Crippen LogP contribution in [0.4, 0.5) is 10.1 Å². The quantitative estimate of drug-likeness (QED) is 0.431. The van der Waals surface area contributed by atoms with E-state index in [0.29, 0.717) is 43.0 Å². The Kier molecular flexibility index (Phi) is 6.30. The lowest BCUT2D eigenvalue weighted by Gasteiger charge is -2.36. The summed E-state index contributed by atoms with van der Waals surface area (Å²) >= 11 is 0. The maximum absolute atomic E-state index is 13.2. The molecule has 5 rings (SSSR count). The van der Waals surface area contributed by atoms with E-state index in [1.54, 1.807) is 28.4 Å². The fourth-order valence-corrected chi connectivity index (χ4v) is 4.69. The fourth-order valence-electron chi connectivity index (χ4n) is 4.69. The third kappa shape index (κ3) is 4.48. The highest BCUT2D eigenvalue weighted by Gasteiger charge is 2.23. The number of amides is 1. The minimum absolute atomic E-state index is 0.00442. The normalized spacial score (nSPS) is 14.0. The number of nitrogens with zero attached hydrogens (tertiary/aromatic N) is 6. The molecular weight excluding hydrogens is 459 g/mol. The van der Waals surface area contributed by atoms with E-state index >= 15 is 0 Å². The number of aryl methyl sites for hydroxylation is 4. The summed E-state index contributed by atoms with van der Waals surface area (Å²) in [7, 11) is 1.72. The largest absolute Gasteiger partial charge is 0.368 e. The van der Waals surface area contributed by atoms with Gasteiger partial charge < -0.3 is 9.80 Å². The van der Waals surface area contributed by atoms with Gasteiger partial charge in [0.25, 0.3) is 5.56 Å². The van der Waals surface area contributed by atoms with Crippen LogP contribution in [0.1, 0.15) is 23.4 Å². The highest BCUT2D eigenvalue weighted by Crippen LogP contribution is 2.20. The molecular formula is C27H29FN6O2. The zero-order valence-corrected chi connectivity index (χ0v) is 20.7. The number of hydrogen-bond acceptors (Lipinski definition) is 5. The lowest BCUT2D eigenvalue weighted by atomic mass is 10.2. The summed E-state index contributed by atoms with van der Waals surface area (Å²) < 4.78 is 16.5. The first kappa shape index (κ1) is 23.7. The van der Waals surface area contributed by atoms with Gasteiger partial charge in [-0.2, -0.15) is 5.10 Å². The number of benzene rings is 2. The minimum Gasteiger partial charge on any atom is -0.368 e. The molecule has 1 aliphatic rings. The summed E-state index contributed by atoms with van der Waals surface area (Å²) in [5.74, 6) is -0.257. The van der Waals surface area contributed by atoms with Gasteiger partial charge in [0.15, 0.2) is 5.65 Å². The summed E-state index contributed by atoms with van der Waals surface area (Å²) in [5, 5.41) is 4.63. The summed E-state index contributed by atoms with van der Waals surface area (Å²) in [6.45, 7) is 6.43. The Bertz CT molecular complexity index is 1470. The molecule has 9 heteroatoms. The molecule has 1 amide bonds. The Morgan fingerprint density at radius 1 is 0.944 bits per heavy atom. The summed E-state index contributed by atoms with van der Waals surface area (Å²) in [6.07, 6.45) is 0.490. The van der Waals surface area contributed by atoms with Crippen molar-refractivity contribution in [2.24, 2.45) is 7.05 Å². The highest BCUT2D eigenvalue weighted by molar-refractivity contribution is 5.78. The number of piperazine rings is 1. The lowest BCUT2D eigenvalue weighted by Crippen LogP contribution is -2.49. The van der Waals surface area contributed by atoms with Crippen molar-refractivity contribution in [3.63, 3.8) is 0 Å². The number of fused-ring (bicyclic) bond motifs is 1. The Morgan fingerprint density at radius 3 is 2.25 bits per heavy atom. The van der Waals surface area contributed by atoms with Crippen molar-refractivity contribution in [3.8, 4) is 5.69 Å². The van der Waals surface area contributed by atoms with Gasteiger partial charge in [-0.25, -0.2) is 14.1 Å². The minimum atomic E-state index is -0.261. The molecule has 0 aliphatic carbocycles. The van der Waals surface area contributed by atoms with Gasteiger partial charge in [-0.05, 0) is 50.2 Å². The van der Waals surface area contributed by atoms with Crippen LogP contribution in [-0.4, -0.2) is 56.3 Å². The Morgan fingerprint density at radius 2 is 1.58 bits per heavy atom. The van der Waals surface area contributed by atoms with Crippen molar-refractivity contribution in [2.75, 3.05) is 31.1 Å². The number of carbonyl (C=O) groups is 1. The lowest BCUT2D eigenvalue weighted by molar-refractivity contribution is -0.131. The average Bonchev–Trinajstić information content (AvgIpc) is 3.22. The van der Waals surface area contributed by atoms with Crippen LogP contribution in [0.15, 0.2) is 53.3 Å². The van der Waals surface area contributed by atoms with Gasteiger partial charge >= 0.3 is 0 Å². The van der Waals surface area contributed by atoms with E-state index in [0.717, 1.165) is 22.6 Å². The van der Waals surface area contributed by atoms with Gasteiger partial charge in [-0.15, -0.1) is 0 Å². The molecule has 186 valence electrons. The molecule has 0 spiro atoms. The number of carbonyl (C=O) groups excluding carboxylic acids is 1. The molecule has 8 nitrogen and oxygen atoms in total. The maximum atomic E-state index is 13.2. The molecule has 4 aromatic rings. The van der Waals surface area contributed by atoms with E-state index in [1.807, 2.05) is 43.0 Å². The molecule has 0 saturated carbocycles. The number of aromatic nitrogens is 4. The van der Waals surface area contributed by atoms with Crippen molar-refractivity contribution in [1.29, 1.82) is 0 Å². The molecule has 2 aromatic heterocycles. The predicted molar refractivity (Wildman–Crippen MR) is 137 cm³/mol. The maximum Gasteiger partial charge on any atom is 0.273 e. The van der Waals surface area contributed by atoms with Crippen molar-refractivity contribution in [2.45, 2.75) is 26.7 Å². The molecule has 2 aromatic carbocycles. The van der Waals surface area contributed by atoms with E-state index in [2.05, 4.69) is 15.0 Å². The highest BCUT2D eigenvalue weighted by atomic mass is 19.1. The molecule has 1 fully saturated rings. The van der Waals surface area contributed by atoms with E-state index in [4.69, 9.17) is 0 Å². The van der Waals surface area contributed by atoms with Crippen LogP contribution in [0.2, 0.25) is 0 Å². The zero-order valence-electron chi connectivity index (χ0n) is 20.7. The summed E-state index contributed by atoms with van der Waals surface area (Å²) in [6, 6.07) is 14.3. The van der Waals surface area contributed by atoms with E-state index in [9.17, 15) is 14.0 Å². The first-order chi connectivity index (χ1) is 17.3. The van der Waals surface area contributed by atoms with Crippen molar-refractivity contribution >= 4 is 22.8 Å². The van der Waals surface area contributed by atoms with Gasteiger partial charge in [-0.3, -0.25) is 14.2 Å². The zero-order chi connectivity index (χ0) is 25.4. The smallest absolute Gasteiger partial charge is 0.273 e. The molecule has 0 radical (unpaired) electrons. The third-order valence-electron chi connectivity index (χ3n) is 6.80. The molecule has 0 bridgehead atoms. The van der Waals surface area contributed by atoms with Crippen molar-refractivity contribution < 1.29 is 9.18 Å². The van der Waals surface area contributed by atoms with Gasteiger partial charge in [0.2, 0.25) is 5.91 Å². The number of hydrogen-bond donors (Lipinski definition) is 0. The van der Waals surface area contributed by atoms with Crippen LogP contribution in [-0.2, 0) is 18.3 Å². The average molecular weight is 489 g/mol. The van der Waals surface area contributed by atoms with E-state index in [-0.39, 0.29) is 30.1 Å². The number of rotatable bonds is 5. The summed E-state index contributed by atoms with van der Waals surface area (Å²) in [4.78, 5) is 34.7. The Hall–Kier alpha value is -4.01. The second-order valence-electron chi connectivity index (χ2n) is 9.27. The van der Waals surface area contributed by atoms with Gasteiger partial charge in [-0.1, -0.05) is 17.7 Å². The van der Waals surface area contributed by atoms with Crippen molar-refractivity contribution in [1.82, 2.24) is 24.2 Å². The fraction of sp³-hybridized carbons (Fsp3) is 0.333. The van der Waals surface area contributed by atoms with Crippen LogP contribution in [0.5, 0.6) is 0 Å². The van der Waals surface area contributed by atoms with Crippen LogP contribution < -0.4 is 10.5 Å². The molecule has 36 heavy (non-hydrogen) atoms. The van der Waals surface area contributed by atoms with Crippen LogP contribution in [0.25, 0.3) is 16.9 Å². The van der Waals surface area contributed by atoms with E-state index < -0.39 is 0 Å². The number of anilines is 1. The molecule has 0 atom stereocenters. The number of halogens is 1.